The predicted molar refractivity (Wildman–Crippen MR) is 44.4 cm³/mol. The van der Waals surface area contributed by atoms with Crippen LogP contribution in [-0.4, -0.2) is 4.98 Å². The van der Waals surface area contributed by atoms with Crippen LogP contribution in [0.25, 0.3) is 10.9 Å². The number of pyridine rings is 1. The molecular formula is C8H7NS. The molecule has 2 rings (SSSR count). The zero-order valence-electron chi connectivity index (χ0n) is 5.66. The summed E-state index contributed by atoms with van der Waals surface area (Å²) in [7, 11) is 0. The van der Waals surface area contributed by atoms with Crippen LogP contribution in [0.2, 0.25) is 0 Å². The fraction of sp³-hybridized carbons (Fsp3) is 0.125. The van der Waals surface area contributed by atoms with E-state index >= 15 is 0 Å². The second-order valence-corrected chi connectivity index (χ2v) is 3.31. The van der Waals surface area contributed by atoms with Gasteiger partial charge in [0, 0.05) is 21.8 Å². The van der Waals surface area contributed by atoms with Gasteiger partial charge in [0.1, 0.15) is 0 Å². The average Bonchev–Trinajstić information content (AvgIpc) is 2.34. The van der Waals surface area contributed by atoms with E-state index in [1.165, 1.54) is 10.3 Å². The molecule has 10 heavy (non-hydrogen) atoms. The van der Waals surface area contributed by atoms with Crippen molar-refractivity contribution in [2.24, 2.45) is 0 Å². The lowest BCUT2D eigenvalue weighted by Gasteiger charge is -1.86. The van der Waals surface area contributed by atoms with Crippen molar-refractivity contribution in [2.75, 3.05) is 0 Å². The molecule has 0 bridgehead atoms. The van der Waals surface area contributed by atoms with Crippen LogP contribution < -0.4 is 0 Å². The van der Waals surface area contributed by atoms with Gasteiger partial charge in [-0.25, -0.2) is 0 Å². The third-order valence-corrected chi connectivity index (χ3v) is 2.48. The van der Waals surface area contributed by atoms with Gasteiger partial charge in [-0.1, -0.05) is 6.07 Å². The van der Waals surface area contributed by atoms with Crippen molar-refractivity contribution in [3.63, 3.8) is 0 Å². The number of aromatic nitrogens is 1. The first-order valence-electron chi connectivity index (χ1n) is 3.17. The summed E-state index contributed by atoms with van der Waals surface area (Å²) in [5, 5.41) is 3.37. The SMILES string of the molecule is Cc1scc2ncccc12. The van der Waals surface area contributed by atoms with E-state index in [0.717, 1.165) is 5.52 Å². The maximum atomic E-state index is 4.21. The van der Waals surface area contributed by atoms with Gasteiger partial charge in [-0.2, -0.15) is 0 Å². The topological polar surface area (TPSA) is 12.9 Å². The van der Waals surface area contributed by atoms with Crippen molar-refractivity contribution in [1.82, 2.24) is 4.98 Å². The van der Waals surface area contributed by atoms with Crippen molar-refractivity contribution in [2.45, 2.75) is 6.92 Å². The maximum Gasteiger partial charge on any atom is 0.0811 e. The van der Waals surface area contributed by atoms with Gasteiger partial charge in [-0.05, 0) is 13.0 Å². The lowest BCUT2D eigenvalue weighted by molar-refractivity contribution is 1.42. The minimum absolute atomic E-state index is 1.12. The predicted octanol–water partition coefficient (Wildman–Crippen LogP) is 2.60. The third-order valence-electron chi connectivity index (χ3n) is 1.57. The van der Waals surface area contributed by atoms with Crippen LogP contribution in [0.3, 0.4) is 0 Å². The van der Waals surface area contributed by atoms with Crippen LogP contribution in [0.15, 0.2) is 23.7 Å². The van der Waals surface area contributed by atoms with Crippen molar-refractivity contribution >= 4 is 22.2 Å². The van der Waals surface area contributed by atoms with E-state index in [-0.39, 0.29) is 0 Å². The molecule has 2 heterocycles. The molecule has 0 unspecified atom stereocenters. The summed E-state index contributed by atoms with van der Waals surface area (Å²) >= 11 is 1.76. The van der Waals surface area contributed by atoms with Crippen LogP contribution in [0.5, 0.6) is 0 Å². The van der Waals surface area contributed by atoms with E-state index in [4.69, 9.17) is 0 Å². The van der Waals surface area contributed by atoms with Crippen molar-refractivity contribution < 1.29 is 0 Å². The summed E-state index contributed by atoms with van der Waals surface area (Å²) in [6.45, 7) is 2.12. The van der Waals surface area contributed by atoms with Gasteiger partial charge in [0.2, 0.25) is 0 Å². The van der Waals surface area contributed by atoms with Crippen molar-refractivity contribution in [1.29, 1.82) is 0 Å². The summed E-state index contributed by atoms with van der Waals surface area (Å²) in [4.78, 5) is 5.56. The number of hydrogen-bond acceptors (Lipinski definition) is 2. The van der Waals surface area contributed by atoms with Crippen molar-refractivity contribution in [3.8, 4) is 0 Å². The van der Waals surface area contributed by atoms with Crippen LogP contribution in [0, 0.1) is 6.92 Å². The van der Waals surface area contributed by atoms with Crippen LogP contribution in [0.4, 0.5) is 0 Å². The van der Waals surface area contributed by atoms with E-state index in [0.29, 0.717) is 0 Å². The largest absolute Gasteiger partial charge is 0.255 e. The second-order valence-electron chi connectivity index (χ2n) is 2.23. The van der Waals surface area contributed by atoms with Gasteiger partial charge in [-0.3, -0.25) is 4.98 Å². The van der Waals surface area contributed by atoms with Crippen LogP contribution in [-0.2, 0) is 0 Å². The Morgan fingerprint density at radius 1 is 1.50 bits per heavy atom. The number of thiophene rings is 1. The third kappa shape index (κ3) is 0.727. The Kier molecular flexibility index (Phi) is 1.21. The quantitative estimate of drug-likeness (QED) is 0.561. The van der Waals surface area contributed by atoms with Crippen molar-refractivity contribution in [3.05, 3.63) is 28.6 Å². The van der Waals surface area contributed by atoms with Crippen LogP contribution >= 0.6 is 11.3 Å². The molecule has 2 aromatic heterocycles. The number of aryl methyl sites for hydroxylation is 1. The highest BCUT2D eigenvalue weighted by Gasteiger charge is 1.96. The lowest BCUT2D eigenvalue weighted by Crippen LogP contribution is -1.69. The fourth-order valence-electron chi connectivity index (χ4n) is 1.02. The summed E-state index contributed by atoms with van der Waals surface area (Å²) in [5.41, 5.74) is 1.12. The van der Waals surface area contributed by atoms with E-state index in [1.807, 2.05) is 12.3 Å². The fourth-order valence-corrected chi connectivity index (χ4v) is 1.79. The smallest absolute Gasteiger partial charge is 0.0811 e. The van der Waals surface area contributed by atoms with Gasteiger partial charge in [0.25, 0.3) is 0 Å². The molecule has 0 aromatic carbocycles. The first-order chi connectivity index (χ1) is 4.88. The van der Waals surface area contributed by atoms with Gasteiger partial charge in [0.05, 0.1) is 5.52 Å². The highest BCUT2D eigenvalue weighted by molar-refractivity contribution is 7.11. The van der Waals surface area contributed by atoms with Gasteiger partial charge < -0.3 is 0 Å². The molecule has 0 spiro atoms. The van der Waals surface area contributed by atoms with E-state index in [9.17, 15) is 0 Å². The monoisotopic (exact) mass is 149 g/mol. The second kappa shape index (κ2) is 2.06. The Morgan fingerprint density at radius 3 is 3.20 bits per heavy atom. The van der Waals surface area contributed by atoms with E-state index in [1.54, 1.807) is 11.3 Å². The molecule has 0 atom stereocenters. The summed E-state index contributed by atoms with van der Waals surface area (Å²) in [6, 6.07) is 4.08. The molecule has 0 aliphatic heterocycles. The molecule has 50 valence electrons. The normalized spacial score (nSPS) is 10.5. The Hall–Kier alpha value is -0.890. The highest BCUT2D eigenvalue weighted by atomic mass is 32.1. The lowest BCUT2D eigenvalue weighted by atomic mass is 10.3. The first-order valence-corrected chi connectivity index (χ1v) is 4.05. The molecule has 0 saturated heterocycles. The number of hydrogen-bond donors (Lipinski definition) is 0. The Morgan fingerprint density at radius 2 is 2.40 bits per heavy atom. The summed E-state index contributed by atoms with van der Waals surface area (Å²) in [6.07, 6.45) is 1.83. The molecule has 0 saturated carbocycles. The van der Waals surface area contributed by atoms with Gasteiger partial charge in [0.15, 0.2) is 0 Å². The molecular weight excluding hydrogens is 142 g/mol. The minimum atomic E-state index is 1.12. The molecule has 1 nitrogen and oxygen atoms in total. The van der Waals surface area contributed by atoms with Gasteiger partial charge >= 0.3 is 0 Å². The number of rotatable bonds is 0. The molecule has 0 N–H and O–H groups in total. The van der Waals surface area contributed by atoms with Gasteiger partial charge in [-0.15, -0.1) is 11.3 Å². The zero-order valence-corrected chi connectivity index (χ0v) is 6.48. The van der Waals surface area contributed by atoms with Crippen LogP contribution in [0.1, 0.15) is 4.88 Å². The minimum Gasteiger partial charge on any atom is -0.255 e. The molecule has 0 amide bonds. The molecule has 2 aromatic rings. The number of nitrogens with zero attached hydrogens (tertiary/aromatic N) is 1. The number of fused-ring (bicyclic) bond motifs is 1. The summed E-state index contributed by atoms with van der Waals surface area (Å²) in [5.74, 6) is 0. The zero-order chi connectivity index (χ0) is 6.97. The molecule has 0 radical (unpaired) electrons. The standard InChI is InChI=1S/C8H7NS/c1-6-7-3-2-4-9-8(7)5-10-6/h2-5H,1H3. The Bertz CT molecular complexity index is 351. The molecule has 0 aliphatic rings. The van der Waals surface area contributed by atoms with E-state index < -0.39 is 0 Å². The summed E-state index contributed by atoms with van der Waals surface area (Å²) < 4.78 is 0. The Balaban J connectivity index is 2.93. The molecule has 2 heteroatoms. The highest BCUT2D eigenvalue weighted by Crippen LogP contribution is 2.21. The Labute approximate surface area is 63.3 Å². The first kappa shape index (κ1) is 5.86. The van der Waals surface area contributed by atoms with E-state index in [2.05, 4.69) is 23.4 Å². The molecule has 0 aliphatic carbocycles. The molecule has 0 fully saturated rings. The maximum absolute atomic E-state index is 4.21. The average molecular weight is 149 g/mol.